The molecule has 2 rings (SSSR count). The molecular weight excluding hydrogens is 486 g/mol. The van der Waals surface area contributed by atoms with Crippen LogP contribution in [0.15, 0.2) is 36.4 Å². The topological polar surface area (TPSA) is 46.9 Å². The van der Waals surface area contributed by atoms with Crippen LogP contribution in [0.4, 0.5) is 11.4 Å². The third-order valence-electron chi connectivity index (χ3n) is 4.30. The van der Waals surface area contributed by atoms with Crippen LogP contribution in [0, 0.1) is 0 Å². The van der Waals surface area contributed by atoms with Gasteiger partial charge in [0.25, 0.3) is 0 Å². The zero-order valence-electron chi connectivity index (χ0n) is 18.7. The maximum Gasteiger partial charge on any atom is 0.142 e. The van der Waals surface area contributed by atoms with E-state index in [9.17, 15) is 10.2 Å². The molecule has 4 nitrogen and oxygen atoms in total. The molecule has 0 amide bonds. The monoisotopic (exact) mass is 520 g/mol. The van der Waals surface area contributed by atoms with Gasteiger partial charge in [0.15, 0.2) is 0 Å². The Bertz CT molecular complexity index is 610. The summed E-state index contributed by atoms with van der Waals surface area (Å²) in [5.74, 6) is 1.53. The van der Waals surface area contributed by atoms with E-state index in [1.54, 1.807) is 0 Å². The number of para-hydroxylation sites is 2. The van der Waals surface area contributed by atoms with E-state index in [0.29, 0.717) is 23.3 Å². The van der Waals surface area contributed by atoms with Crippen molar-refractivity contribution < 1.29 is 36.4 Å². The molecule has 0 atom stereocenters. The van der Waals surface area contributed by atoms with E-state index in [4.69, 9.17) is 0 Å². The Morgan fingerprint density at radius 3 is 1.10 bits per heavy atom. The van der Waals surface area contributed by atoms with Crippen LogP contribution in [-0.4, -0.2) is 38.4 Å². The van der Waals surface area contributed by atoms with Gasteiger partial charge in [-0.25, -0.2) is 0 Å². The van der Waals surface area contributed by atoms with Crippen molar-refractivity contribution in [2.75, 3.05) is 38.0 Å². The second-order valence-corrected chi connectivity index (χ2v) is 7.53. The minimum Gasteiger partial charge on any atom is -0.505 e. The summed E-state index contributed by atoms with van der Waals surface area (Å²) in [5, 5.41) is 19.8. The van der Waals surface area contributed by atoms with E-state index >= 15 is 0 Å². The van der Waals surface area contributed by atoms with Crippen molar-refractivity contribution >= 4 is 36.2 Å². The molecule has 0 bridgehead atoms. The van der Waals surface area contributed by atoms with Crippen LogP contribution in [0.1, 0.15) is 50.7 Å². The van der Waals surface area contributed by atoms with Gasteiger partial charge in [0, 0.05) is 54.4 Å². The fourth-order valence-electron chi connectivity index (χ4n) is 2.75. The van der Waals surface area contributed by atoms with Crippen molar-refractivity contribution in [2.45, 2.75) is 39.5 Å². The van der Waals surface area contributed by atoms with Crippen molar-refractivity contribution in [1.82, 2.24) is 0 Å². The largest absolute Gasteiger partial charge is 0.505 e. The molecule has 0 aliphatic carbocycles. The minimum atomic E-state index is 0. The zero-order valence-corrected chi connectivity index (χ0v) is 22.8. The van der Waals surface area contributed by atoms with Gasteiger partial charge < -0.3 is 20.0 Å². The van der Waals surface area contributed by atoms with Crippen LogP contribution >= 0.6 is 24.8 Å². The number of phenolic OH excluding ortho intramolecular Hbond substituents is 2. The number of anilines is 2. The maximum atomic E-state index is 9.89. The third-order valence-corrected chi connectivity index (χ3v) is 4.30. The smallest absolute Gasteiger partial charge is 0.142 e. The Morgan fingerprint density at radius 2 is 0.897 bits per heavy atom. The molecule has 0 unspecified atom stereocenters. The van der Waals surface area contributed by atoms with Gasteiger partial charge in [-0.3, -0.25) is 0 Å². The summed E-state index contributed by atoms with van der Waals surface area (Å²) < 4.78 is 0. The van der Waals surface area contributed by atoms with E-state index in [0.717, 1.165) is 22.5 Å². The van der Waals surface area contributed by atoms with Crippen molar-refractivity contribution in [3.8, 4) is 11.5 Å². The second kappa shape index (κ2) is 15.0. The quantitative estimate of drug-likeness (QED) is 0.517. The molecule has 0 saturated carbocycles. The van der Waals surface area contributed by atoms with Crippen LogP contribution in [0.3, 0.4) is 0 Å². The molecule has 7 heteroatoms. The van der Waals surface area contributed by atoms with Crippen LogP contribution in [-0.2, 0) is 26.2 Å². The van der Waals surface area contributed by atoms with Crippen molar-refractivity contribution in [3.63, 3.8) is 0 Å². The van der Waals surface area contributed by atoms with E-state index in [1.165, 1.54) is 0 Å². The molecule has 0 aliphatic rings. The Kier molecular flexibility index (Phi) is 16.9. The van der Waals surface area contributed by atoms with Crippen LogP contribution in [0.25, 0.3) is 0 Å². The van der Waals surface area contributed by atoms with Gasteiger partial charge in [0.05, 0.1) is 11.4 Å². The van der Waals surface area contributed by atoms with E-state index in [2.05, 4.69) is 27.7 Å². The number of aromatic hydroxyl groups is 2. The Hall–Kier alpha value is -0.897. The van der Waals surface area contributed by atoms with Gasteiger partial charge in [0.1, 0.15) is 11.5 Å². The molecule has 0 saturated heterocycles. The van der Waals surface area contributed by atoms with Gasteiger partial charge >= 0.3 is 0 Å². The summed E-state index contributed by atoms with van der Waals surface area (Å²) in [4.78, 5) is 3.84. The first kappa shape index (κ1) is 32.8. The summed E-state index contributed by atoms with van der Waals surface area (Å²) in [6, 6.07) is 11.7. The first-order chi connectivity index (χ1) is 12.1. The number of halogens is 2. The van der Waals surface area contributed by atoms with E-state index in [1.807, 2.05) is 74.4 Å². The normalized spacial score (nSPS) is 9.45. The Balaban J connectivity index is -0.000000422. The molecule has 0 spiro atoms. The van der Waals surface area contributed by atoms with E-state index in [-0.39, 0.29) is 51.0 Å². The average Bonchev–Trinajstić information content (AvgIpc) is 2.54. The molecule has 0 aromatic heterocycles. The number of nitrogens with zero attached hydrogens (tertiary/aromatic N) is 2. The van der Waals surface area contributed by atoms with Gasteiger partial charge in [-0.05, 0) is 35.1 Å². The van der Waals surface area contributed by atoms with Crippen LogP contribution < -0.4 is 9.80 Å². The average molecular weight is 523 g/mol. The summed E-state index contributed by atoms with van der Waals surface area (Å²) in [7, 11) is 7.72. The molecule has 164 valence electrons. The molecule has 2 aromatic rings. The molecule has 0 aliphatic heterocycles. The first-order valence-electron chi connectivity index (χ1n) is 9.06. The number of hydrogen-bond acceptors (Lipinski definition) is 4. The van der Waals surface area contributed by atoms with Crippen LogP contribution in [0.5, 0.6) is 11.5 Å². The van der Waals surface area contributed by atoms with Crippen molar-refractivity contribution in [3.05, 3.63) is 47.5 Å². The minimum absolute atomic E-state index is 0. The third kappa shape index (κ3) is 9.19. The second-order valence-electron chi connectivity index (χ2n) is 7.53. The number of benzene rings is 2. The van der Waals surface area contributed by atoms with Crippen molar-refractivity contribution in [1.29, 1.82) is 0 Å². The molecular formula is C22H36Cl2N2O2Zr. The van der Waals surface area contributed by atoms with Crippen LogP contribution in [0.2, 0.25) is 0 Å². The molecule has 2 N–H and O–H groups in total. The van der Waals surface area contributed by atoms with Gasteiger partial charge in [-0.2, -0.15) is 0 Å². The SMILES string of the molecule is CC(C)c1cccc(N(C)C)c1O.CC(C)c1cccc(N(C)C)c1O.Cl.Cl.[Zr]. The van der Waals surface area contributed by atoms with Gasteiger partial charge in [-0.1, -0.05) is 52.0 Å². The standard InChI is InChI=1S/2C11H17NO.2ClH.Zr/c2*1-8(2)9-6-5-7-10(11(9)13)12(3)4;;;/h2*5-8,13H,1-4H3;2*1H;. The van der Waals surface area contributed by atoms with Gasteiger partial charge in [-0.15, -0.1) is 24.8 Å². The molecule has 29 heavy (non-hydrogen) atoms. The summed E-state index contributed by atoms with van der Waals surface area (Å²) in [6.45, 7) is 8.31. The van der Waals surface area contributed by atoms with Crippen molar-refractivity contribution in [2.24, 2.45) is 0 Å². The fraction of sp³-hybridized carbons (Fsp3) is 0.455. The first-order valence-corrected chi connectivity index (χ1v) is 9.06. The molecule has 0 radical (unpaired) electrons. The number of hydrogen-bond donors (Lipinski definition) is 2. The predicted octanol–water partition coefficient (Wildman–Crippen LogP) is 6.00. The fourth-order valence-corrected chi connectivity index (χ4v) is 2.75. The number of rotatable bonds is 4. The Labute approximate surface area is 208 Å². The molecule has 2 aromatic carbocycles. The van der Waals surface area contributed by atoms with Gasteiger partial charge in [0.2, 0.25) is 0 Å². The summed E-state index contributed by atoms with van der Waals surface area (Å²) in [6.07, 6.45) is 0. The zero-order chi connectivity index (χ0) is 20.0. The predicted molar refractivity (Wildman–Crippen MR) is 128 cm³/mol. The summed E-state index contributed by atoms with van der Waals surface area (Å²) >= 11 is 0. The Morgan fingerprint density at radius 1 is 0.621 bits per heavy atom. The maximum absolute atomic E-state index is 9.89. The summed E-state index contributed by atoms with van der Waals surface area (Å²) in [5.41, 5.74) is 3.77. The molecule has 0 heterocycles. The van der Waals surface area contributed by atoms with E-state index < -0.39 is 0 Å². The number of phenols is 2. The molecule has 0 fully saturated rings.